The van der Waals surface area contributed by atoms with Gasteiger partial charge in [-0.1, -0.05) is 38.5 Å². The summed E-state index contributed by atoms with van der Waals surface area (Å²) in [5.41, 5.74) is 2.36. The van der Waals surface area contributed by atoms with E-state index < -0.39 is 0 Å². The number of hydrogen-bond acceptors (Lipinski definition) is 2. The number of hydrogen-bond donors (Lipinski definition) is 2. The Hall–Kier alpha value is -1.02. The second kappa shape index (κ2) is 4.34. The van der Waals surface area contributed by atoms with Gasteiger partial charge in [-0.15, -0.1) is 0 Å². The Bertz CT molecular complexity index is 400. The molecule has 1 saturated carbocycles. The van der Waals surface area contributed by atoms with Crippen molar-refractivity contribution in [2.24, 2.45) is 5.41 Å². The van der Waals surface area contributed by atoms with Crippen LogP contribution in [0.25, 0.3) is 0 Å². The van der Waals surface area contributed by atoms with Gasteiger partial charge in [0.25, 0.3) is 0 Å². The number of aryl methyl sites for hydroxylation is 1. The maximum absolute atomic E-state index is 9.84. The maximum atomic E-state index is 9.84. The van der Waals surface area contributed by atoms with Crippen LogP contribution in [0.3, 0.4) is 0 Å². The maximum Gasteiger partial charge on any atom is 0.0666 e. The molecule has 0 spiro atoms. The Kier molecular flexibility index (Phi) is 3.17. The molecule has 1 aliphatic rings. The van der Waals surface area contributed by atoms with Crippen LogP contribution in [-0.4, -0.2) is 17.3 Å². The first-order valence-corrected chi connectivity index (χ1v) is 6.45. The molecule has 0 aliphatic heterocycles. The van der Waals surface area contributed by atoms with Gasteiger partial charge in [0.15, 0.2) is 0 Å². The van der Waals surface area contributed by atoms with Crippen molar-refractivity contribution in [3.05, 3.63) is 29.8 Å². The van der Waals surface area contributed by atoms with Gasteiger partial charge >= 0.3 is 0 Å². The minimum Gasteiger partial charge on any atom is -0.394 e. The van der Waals surface area contributed by atoms with Crippen molar-refractivity contribution in [2.45, 2.75) is 45.6 Å². The van der Waals surface area contributed by atoms with Gasteiger partial charge < -0.3 is 10.4 Å². The number of nitrogens with one attached hydrogen (secondary N) is 1. The van der Waals surface area contributed by atoms with Crippen molar-refractivity contribution in [2.75, 3.05) is 11.9 Å². The van der Waals surface area contributed by atoms with E-state index in [2.05, 4.69) is 38.2 Å². The lowest BCUT2D eigenvalue weighted by molar-refractivity contribution is 0.128. The summed E-state index contributed by atoms with van der Waals surface area (Å²) < 4.78 is 0. The topological polar surface area (TPSA) is 32.3 Å². The Morgan fingerprint density at radius 1 is 1.24 bits per heavy atom. The van der Waals surface area contributed by atoms with Crippen LogP contribution in [0.2, 0.25) is 0 Å². The standard InChI is InChI=1S/C15H23NO/c1-12-7-4-5-8-13(12)16-15(11-17)10-6-9-14(15,2)3/h4-5,7-8,16-17H,6,9-11H2,1-3H3. The van der Waals surface area contributed by atoms with Crippen molar-refractivity contribution in [1.29, 1.82) is 0 Å². The van der Waals surface area contributed by atoms with Crippen LogP contribution < -0.4 is 5.32 Å². The van der Waals surface area contributed by atoms with Gasteiger partial charge in [-0.3, -0.25) is 0 Å². The van der Waals surface area contributed by atoms with Crippen LogP contribution in [0.15, 0.2) is 24.3 Å². The first kappa shape index (κ1) is 12.4. The first-order valence-electron chi connectivity index (χ1n) is 6.45. The van der Waals surface area contributed by atoms with E-state index in [1.165, 1.54) is 18.4 Å². The smallest absolute Gasteiger partial charge is 0.0666 e. The number of aliphatic hydroxyl groups is 1. The summed E-state index contributed by atoms with van der Waals surface area (Å²) in [7, 11) is 0. The minimum atomic E-state index is -0.168. The lowest BCUT2D eigenvalue weighted by Crippen LogP contribution is -2.50. The summed E-state index contributed by atoms with van der Waals surface area (Å²) in [6.45, 7) is 6.81. The molecule has 1 aliphatic carbocycles. The zero-order chi connectivity index (χ0) is 12.5. The fourth-order valence-electron chi connectivity index (χ4n) is 2.95. The molecule has 1 fully saturated rings. The molecule has 2 nitrogen and oxygen atoms in total. The molecule has 1 aromatic carbocycles. The van der Waals surface area contributed by atoms with Crippen LogP contribution in [0, 0.1) is 12.3 Å². The summed E-state index contributed by atoms with van der Waals surface area (Å²) in [6.07, 6.45) is 3.41. The van der Waals surface area contributed by atoms with Gasteiger partial charge in [0.1, 0.15) is 0 Å². The molecule has 2 heteroatoms. The van der Waals surface area contributed by atoms with E-state index in [1.807, 2.05) is 12.1 Å². The number of benzene rings is 1. The van der Waals surface area contributed by atoms with Crippen molar-refractivity contribution in [3.8, 4) is 0 Å². The Balaban J connectivity index is 2.30. The van der Waals surface area contributed by atoms with E-state index in [0.29, 0.717) is 0 Å². The highest BCUT2D eigenvalue weighted by molar-refractivity contribution is 5.53. The number of anilines is 1. The van der Waals surface area contributed by atoms with Gasteiger partial charge in [-0.25, -0.2) is 0 Å². The van der Waals surface area contributed by atoms with Gasteiger partial charge in [0.2, 0.25) is 0 Å². The molecule has 0 aromatic heterocycles. The van der Waals surface area contributed by atoms with E-state index in [0.717, 1.165) is 12.1 Å². The summed E-state index contributed by atoms with van der Waals surface area (Å²) in [6, 6.07) is 8.30. The highest BCUT2D eigenvalue weighted by Gasteiger charge is 2.48. The third-order valence-corrected chi connectivity index (χ3v) is 4.49. The van der Waals surface area contributed by atoms with Gasteiger partial charge in [0, 0.05) is 5.69 Å². The van der Waals surface area contributed by atoms with E-state index in [1.54, 1.807) is 0 Å². The third-order valence-electron chi connectivity index (χ3n) is 4.49. The first-order chi connectivity index (χ1) is 8.01. The van der Waals surface area contributed by atoms with Gasteiger partial charge in [0.05, 0.1) is 12.1 Å². The van der Waals surface area contributed by atoms with E-state index in [4.69, 9.17) is 0 Å². The Morgan fingerprint density at radius 3 is 2.47 bits per heavy atom. The van der Waals surface area contributed by atoms with Crippen LogP contribution >= 0.6 is 0 Å². The fourth-order valence-corrected chi connectivity index (χ4v) is 2.95. The highest BCUT2D eigenvalue weighted by atomic mass is 16.3. The van der Waals surface area contributed by atoms with Crippen molar-refractivity contribution in [1.82, 2.24) is 0 Å². The monoisotopic (exact) mass is 233 g/mol. The summed E-state index contributed by atoms with van der Waals surface area (Å²) >= 11 is 0. The van der Waals surface area contributed by atoms with E-state index in [9.17, 15) is 5.11 Å². The second-order valence-electron chi connectivity index (χ2n) is 5.92. The largest absolute Gasteiger partial charge is 0.394 e. The summed E-state index contributed by atoms with van der Waals surface area (Å²) in [5.74, 6) is 0. The molecule has 0 saturated heterocycles. The van der Waals surface area contributed by atoms with Crippen molar-refractivity contribution >= 4 is 5.69 Å². The zero-order valence-electron chi connectivity index (χ0n) is 11.1. The molecular weight excluding hydrogens is 210 g/mol. The van der Waals surface area contributed by atoms with Crippen LogP contribution in [0.4, 0.5) is 5.69 Å². The molecule has 0 amide bonds. The highest BCUT2D eigenvalue weighted by Crippen LogP contribution is 2.47. The predicted octanol–water partition coefficient (Wildman–Crippen LogP) is 3.35. The third kappa shape index (κ3) is 2.06. The van der Waals surface area contributed by atoms with E-state index >= 15 is 0 Å². The minimum absolute atomic E-state index is 0.143. The second-order valence-corrected chi connectivity index (χ2v) is 5.92. The quantitative estimate of drug-likeness (QED) is 0.839. The van der Waals surface area contributed by atoms with Crippen molar-refractivity contribution < 1.29 is 5.11 Å². The van der Waals surface area contributed by atoms with Crippen LogP contribution in [-0.2, 0) is 0 Å². The molecule has 1 unspecified atom stereocenters. The zero-order valence-corrected chi connectivity index (χ0v) is 11.1. The lowest BCUT2D eigenvalue weighted by Gasteiger charge is -2.42. The Labute approximate surface area is 104 Å². The number of aliphatic hydroxyl groups excluding tert-OH is 1. The molecule has 0 bridgehead atoms. The molecular formula is C15H23NO. The average Bonchev–Trinajstić information content (AvgIpc) is 2.58. The van der Waals surface area contributed by atoms with E-state index in [-0.39, 0.29) is 17.6 Å². The number of para-hydroxylation sites is 1. The van der Waals surface area contributed by atoms with Crippen LogP contribution in [0.5, 0.6) is 0 Å². The Morgan fingerprint density at radius 2 is 1.94 bits per heavy atom. The summed E-state index contributed by atoms with van der Waals surface area (Å²) in [5, 5.41) is 13.5. The lowest BCUT2D eigenvalue weighted by atomic mass is 9.75. The van der Waals surface area contributed by atoms with Gasteiger partial charge in [-0.2, -0.15) is 0 Å². The van der Waals surface area contributed by atoms with Crippen LogP contribution in [0.1, 0.15) is 38.7 Å². The molecule has 94 valence electrons. The molecule has 0 heterocycles. The fraction of sp³-hybridized carbons (Fsp3) is 0.600. The molecule has 2 rings (SSSR count). The average molecular weight is 233 g/mol. The molecule has 1 atom stereocenters. The molecule has 2 N–H and O–H groups in total. The normalized spacial score (nSPS) is 27.1. The number of rotatable bonds is 3. The molecule has 0 radical (unpaired) electrons. The predicted molar refractivity (Wildman–Crippen MR) is 72.3 cm³/mol. The van der Waals surface area contributed by atoms with Gasteiger partial charge in [-0.05, 0) is 36.8 Å². The molecule has 17 heavy (non-hydrogen) atoms. The summed E-state index contributed by atoms with van der Waals surface area (Å²) in [4.78, 5) is 0. The molecule has 1 aromatic rings. The SMILES string of the molecule is Cc1ccccc1NC1(CO)CCCC1(C)C. The van der Waals surface area contributed by atoms with Crippen molar-refractivity contribution in [3.63, 3.8) is 0 Å².